The van der Waals surface area contributed by atoms with Crippen LogP contribution in [0.25, 0.3) is 0 Å². The number of rotatable bonds is 3. The molecule has 1 unspecified atom stereocenters. The van der Waals surface area contributed by atoms with Gasteiger partial charge in [-0.15, -0.1) is 0 Å². The predicted octanol–water partition coefficient (Wildman–Crippen LogP) is 1.42. The molecule has 3 heteroatoms. The van der Waals surface area contributed by atoms with Gasteiger partial charge >= 0.3 is 5.97 Å². The van der Waals surface area contributed by atoms with Crippen LogP contribution in [0.1, 0.15) is 20.3 Å². The van der Waals surface area contributed by atoms with Crippen LogP contribution < -0.4 is 0 Å². The zero-order valence-electron chi connectivity index (χ0n) is 5.66. The largest absolute Gasteiger partial charge is 0.481 e. The smallest absolute Gasteiger partial charge is 0.304 e. The third-order valence-electron chi connectivity index (χ3n) is 1.15. The Bertz CT molecular complexity index is 101. The maximum atomic E-state index is 10.1. The fourth-order valence-corrected chi connectivity index (χ4v) is 0.571. The summed E-state index contributed by atoms with van der Waals surface area (Å²) in [6.45, 7) is 3.92. The number of hydrogen-bond acceptors (Lipinski definition) is 2. The average Bonchev–Trinajstić information content (AvgIpc) is 1.63. The number of carboxylic acids is 1. The van der Waals surface area contributed by atoms with Gasteiger partial charge in [-0.2, -0.15) is 12.6 Å². The van der Waals surface area contributed by atoms with E-state index in [0.29, 0.717) is 5.92 Å². The normalized spacial score (nSPS) is 13.8. The Morgan fingerprint density at radius 1 is 1.67 bits per heavy atom. The highest BCUT2D eigenvalue weighted by molar-refractivity contribution is 7.81. The lowest BCUT2D eigenvalue weighted by Gasteiger charge is -2.10. The molecule has 0 spiro atoms. The highest BCUT2D eigenvalue weighted by atomic mass is 32.1. The third kappa shape index (κ3) is 4.33. The molecule has 1 N–H and O–H groups in total. The highest BCUT2D eigenvalue weighted by Crippen LogP contribution is 2.11. The molecule has 0 aliphatic heterocycles. The molecule has 0 aromatic heterocycles. The van der Waals surface area contributed by atoms with Crippen LogP contribution in [0, 0.1) is 5.92 Å². The lowest BCUT2D eigenvalue weighted by molar-refractivity contribution is -0.137. The summed E-state index contributed by atoms with van der Waals surface area (Å²) in [6, 6.07) is 0. The van der Waals surface area contributed by atoms with Gasteiger partial charge in [-0.25, -0.2) is 0 Å². The van der Waals surface area contributed by atoms with Gasteiger partial charge < -0.3 is 5.11 Å². The monoisotopic (exact) mass is 148 g/mol. The molecule has 0 aromatic rings. The van der Waals surface area contributed by atoms with Crippen molar-refractivity contribution in [2.45, 2.75) is 25.5 Å². The summed E-state index contributed by atoms with van der Waals surface area (Å²) in [6.07, 6.45) is 0.154. The summed E-state index contributed by atoms with van der Waals surface area (Å²) in [7, 11) is 0. The minimum absolute atomic E-state index is 0.0116. The Balaban J connectivity index is 3.50. The van der Waals surface area contributed by atoms with Crippen LogP contribution in [0.3, 0.4) is 0 Å². The molecule has 0 fully saturated rings. The molecule has 0 aromatic carbocycles. The molecule has 0 amide bonds. The summed E-state index contributed by atoms with van der Waals surface area (Å²) in [5.41, 5.74) is 0. The van der Waals surface area contributed by atoms with Crippen molar-refractivity contribution in [3.63, 3.8) is 0 Å². The van der Waals surface area contributed by atoms with Crippen LogP contribution in [-0.4, -0.2) is 16.3 Å². The van der Waals surface area contributed by atoms with Crippen molar-refractivity contribution >= 4 is 18.6 Å². The van der Waals surface area contributed by atoms with E-state index < -0.39 is 5.97 Å². The minimum atomic E-state index is -0.774. The van der Waals surface area contributed by atoms with E-state index in [1.54, 1.807) is 0 Å². The molecular weight excluding hydrogens is 136 g/mol. The van der Waals surface area contributed by atoms with Gasteiger partial charge in [0.25, 0.3) is 0 Å². The van der Waals surface area contributed by atoms with E-state index in [4.69, 9.17) is 5.11 Å². The fraction of sp³-hybridized carbons (Fsp3) is 0.833. The van der Waals surface area contributed by atoms with Crippen LogP contribution in [0.15, 0.2) is 0 Å². The molecular formula is C6H12O2S. The molecule has 9 heavy (non-hydrogen) atoms. The Labute approximate surface area is 60.7 Å². The number of carboxylic acid groups (broad SMARTS) is 1. The second kappa shape index (κ2) is 3.77. The number of thiol groups is 1. The van der Waals surface area contributed by atoms with Crippen LogP contribution >= 0.6 is 12.6 Å². The highest BCUT2D eigenvalue weighted by Gasteiger charge is 2.11. The zero-order valence-corrected chi connectivity index (χ0v) is 6.56. The number of aliphatic carboxylic acids is 1. The van der Waals surface area contributed by atoms with E-state index in [9.17, 15) is 4.79 Å². The predicted molar refractivity (Wildman–Crippen MR) is 39.9 cm³/mol. The van der Waals surface area contributed by atoms with Crippen molar-refractivity contribution in [1.82, 2.24) is 0 Å². The van der Waals surface area contributed by atoms with Crippen LogP contribution in [-0.2, 0) is 4.79 Å². The molecule has 0 saturated carbocycles. The number of hydrogen-bond donors (Lipinski definition) is 2. The molecule has 0 saturated heterocycles. The van der Waals surface area contributed by atoms with Gasteiger partial charge in [0.05, 0.1) is 6.42 Å². The zero-order chi connectivity index (χ0) is 7.44. The topological polar surface area (TPSA) is 37.3 Å². The Hall–Kier alpha value is -0.180. The van der Waals surface area contributed by atoms with E-state index in [2.05, 4.69) is 12.6 Å². The van der Waals surface area contributed by atoms with Gasteiger partial charge in [0.2, 0.25) is 0 Å². The first-order valence-electron chi connectivity index (χ1n) is 2.94. The fourth-order valence-electron chi connectivity index (χ4n) is 0.415. The lowest BCUT2D eigenvalue weighted by atomic mass is 10.1. The van der Waals surface area contributed by atoms with E-state index in [1.165, 1.54) is 0 Å². The van der Waals surface area contributed by atoms with Crippen LogP contribution in [0.4, 0.5) is 0 Å². The van der Waals surface area contributed by atoms with E-state index in [1.807, 2.05) is 13.8 Å². The summed E-state index contributed by atoms with van der Waals surface area (Å²) >= 11 is 4.08. The van der Waals surface area contributed by atoms with E-state index >= 15 is 0 Å². The summed E-state index contributed by atoms with van der Waals surface area (Å²) in [5.74, 6) is -0.437. The van der Waals surface area contributed by atoms with Crippen molar-refractivity contribution < 1.29 is 9.90 Å². The Morgan fingerprint density at radius 2 is 2.11 bits per heavy atom. The molecule has 1 atom stereocenters. The number of carbonyl (C=O) groups is 1. The standard InChI is InChI=1S/C6H12O2S/c1-4(2)5(9)3-6(7)8/h4-5,9H,3H2,1-2H3,(H,7,8). The molecule has 0 bridgehead atoms. The van der Waals surface area contributed by atoms with E-state index in [-0.39, 0.29) is 11.7 Å². The Kier molecular flexibility index (Phi) is 3.70. The van der Waals surface area contributed by atoms with Crippen molar-refractivity contribution in [3.8, 4) is 0 Å². The van der Waals surface area contributed by atoms with Gasteiger partial charge in [-0.3, -0.25) is 4.79 Å². The summed E-state index contributed by atoms with van der Waals surface area (Å²) < 4.78 is 0. The first-order valence-corrected chi connectivity index (χ1v) is 3.45. The van der Waals surface area contributed by atoms with Crippen molar-refractivity contribution in [2.24, 2.45) is 5.92 Å². The molecule has 0 aliphatic carbocycles. The van der Waals surface area contributed by atoms with Gasteiger partial charge in [-0.1, -0.05) is 13.8 Å². The second-order valence-corrected chi connectivity index (χ2v) is 3.07. The van der Waals surface area contributed by atoms with Gasteiger partial charge in [-0.05, 0) is 5.92 Å². The summed E-state index contributed by atoms with van der Waals surface area (Å²) in [4.78, 5) is 10.1. The second-order valence-electron chi connectivity index (χ2n) is 2.41. The first kappa shape index (κ1) is 8.82. The SMILES string of the molecule is CC(C)C(S)CC(=O)O. The third-order valence-corrected chi connectivity index (χ3v) is 1.93. The first-order chi connectivity index (χ1) is 4.04. The molecule has 2 nitrogen and oxygen atoms in total. The molecule has 0 aliphatic rings. The minimum Gasteiger partial charge on any atom is -0.481 e. The van der Waals surface area contributed by atoms with Gasteiger partial charge in [0, 0.05) is 5.25 Å². The van der Waals surface area contributed by atoms with Crippen molar-refractivity contribution in [2.75, 3.05) is 0 Å². The molecule has 0 heterocycles. The van der Waals surface area contributed by atoms with Crippen LogP contribution in [0.5, 0.6) is 0 Å². The van der Waals surface area contributed by atoms with E-state index in [0.717, 1.165) is 0 Å². The molecule has 0 radical (unpaired) electrons. The maximum absolute atomic E-state index is 10.1. The van der Waals surface area contributed by atoms with Gasteiger partial charge in [0.1, 0.15) is 0 Å². The summed E-state index contributed by atoms with van der Waals surface area (Å²) in [5, 5.41) is 8.27. The van der Waals surface area contributed by atoms with Crippen molar-refractivity contribution in [1.29, 1.82) is 0 Å². The average molecular weight is 148 g/mol. The van der Waals surface area contributed by atoms with Crippen molar-refractivity contribution in [3.05, 3.63) is 0 Å². The Morgan fingerprint density at radius 3 is 2.22 bits per heavy atom. The van der Waals surface area contributed by atoms with Gasteiger partial charge in [0.15, 0.2) is 0 Å². The molecule has 0 rings (SSSR count). The lowest BCUT2D eigenvalue weighted by Crippen LogP contribution is -2.13. The van der Waals surface area contributed by atoms with Crippen LogP contribution in [0.2, 0.25) is 0 Å². The quantitative estimate of drug-likeness (QED) is 0.594. The maximum Gasteiger partial charge on any atom is 0.304 e. The molecule has 54 valence electrons.